The van der Waals surface area contributed by atoms with E-state index in [0.29, 0.717) is 17.8 Å². The third kappa shape index (κ3) is 1.93. The normalized spacial score (nSPS) is 9.62. The van der Waals surface area contributed by atoms with E-state index in [-0.39, 0.29) is 5.78 Å². The van der Waals surface area contributed by atoms with Gasteiger partial charge in [-0.25, -0.2) is 0 Å². The molecule has 0 saturated heterocycles. The minimum absolute atomic E-state index is 0.0463. The predicted molar refractivity (Wildman–Crippen MR) is 50.0 cm³/mol. The molecule has 0 aromatic carbocycles. The van der Waals surface area contributed by atoms with Gasteiger partial charge in [-0.05, 0) is 6.07 Å². The lowest BCUT2D eigenvalue weighted by Gasteiger charge is -2.01. The van der Waals surface area contributed by atoms with Crippen LogP contribution in [-0.2, 0) is 6.54 Å². The van der Waals surface area contributed by atoms with Gasteiger partial charge in [0.15, 0.2) is 12.1 Å². The van der Waals surface area contributed by atoms with Gasteiger partial charge in [-0.15, -0.1) is 6.58 Å². The number of hydrogen-bond acceptors (Lipinski definition) is 2. The summed E-state index contributed by atoms with van der Waals surface area (Å²) in [6.07, 6.45) is 4.05. The van der Waals surface area contributed by atoms with Crippen molar-refractivity contribution in [2.24, 2.45) is 0 Å². The zero-order chi connectivity index (χ0) is 9.84. The van der Waals surface area contributed by atoms with Crippen LogP contribution in [0.25, 0.3) is 0 Å². The van der Waals surface area contributed by atoms with E-state index in [4.69, 9.17) is 0 Å². The zero-order valence-electron chi connectivity index (χ0n) is 7.49. The van der Waals surface area contributed by atoms with Gasteiger partial charge in [0.05, 0.1) is 5.69 Å². The van der Waals surface area contributed by atoms with Crippen molar-refractivity contribution in [3.05, 3.63) is 36.2 Å². The number of nitrogens with zero attached hydrogens (tertiary/aromatic N) is 1. The standard InChI is InChI=1S/C10H11NO2/c1-3-4-11-6-9(7-12)5-10(11)8(2)13/h3,5-7H,1,4H2,2H3. The Kier molecular flexibility index (Phi) is 2.80. The second-order valence-corrected chi connectivity index (χ2v) is 2.77. The fourth-order valence-electron chi connectivity index (χ4n) is 1.19. The molecule has 0 aliphatic carbocycles. The van der Waals surface area contributed by atoms with Gasteiger partial charge in [0.1, 0.15) is 0 Å². The summed E-state index contributed by atoms with van der Waals surface area (Å²) in [7, 11) is 0. The number of rotatable bonds is 4. The van der Waals surface area contributed by atoms with Gasteiger partial charge in [0, 0.05) is 25.2 Å². The zero-order valence-corrected chi connectivity index (χ0v) is 7.49. The molecule has 0 unspecified atom stereocenters. The van der Waals surface area contributed by atoms with Gasteiger partial charge < -0.3 is 4.57 Å². The highest BCUT2D eigenvalue weighted by Crippen LogP contribution is 2.07. The van der Waals surface area contributed by atoms with Crippen molar-refractivity contribution in [1.29, 1.82) is 0 Å². The van der Waals surface area contributed by atoms with Crippen LogP contribution in [0.1, 0.15) is 27.8 Å². The smallest absolute Gasteiger partial charge is 0.176 e. The van der Waals surface area contributed by atoms with Crippen molar-refractivity contribution in [3.63, 3.8) is 0 Å². The lowest BCUT2D eigenvalue weighted by Crippen LogP contribution is -2.03. The Morgan fingerprint density at radius 1 is 1.69 bits per heavy atom. The van der Waals surface area contributed by atoms with Crippen LogP contribution in [0.5, 0.6) is 0 Å². The molecule has 0 aliphatic rings. The summed E-state index contributed by atoms with van der Waals surface area (Å²) in [5.41, 5.74) is 1.06. The topological polar surface area (TPSA) is 39.1 Å². The Labute approximate surface area is 76.7 Å². The molecular weight excluding hydrogens is 166 g/mol. The summed E-state index contributed by atoms with van der Waals surface area (Å²) in [5, 5.41) is 0. The molecule has 0 amide bonds. The molecule has 0 aliphatic heterocycles. The first kappa shape index (κ1) is 9.45. The molecular formula is C10H11NO2. The first-order valence-corrected chi connectivity index (χ1v) is 3.96. The number of aldehydes is 1. The molecule has 0 spiro atoms. The molecule has 0 fully saturated rings. The number of carbonyl (C=O) groups is 2. The maximum absolute atomic E-state index is 11.1. The molecule has 0 N–H and O–H groups in total. The molecule has 3 heteroatoms. The molecule has 0 bridgehead atoms. The highest BCUT2D eigenvalue weighted by Gasteiger charge is 2.07. The average molecular weight is 177 g/mol. The second kappa shape index (κ2) is 3.85. The third-order valence-corrected chi connectivity index (χ3v) is 1.74. The van der Waals surface area contributed by atoms with E-state index in [2.05, 4.69) is 6.58 Å². The van der Waals surface area contributed by atoms with Crippen molar-refractivity contribution in [2.45, 2.75) is 13.5 Å². The van der Waals surface area contributed by atoms with E-state index >= 15 is 0 Å². The number of hydrogen-bond donors (Lipinski definition) is 0. The molecule has 68 valence electrons. The maximum atomic E-state index is 11.1. The monoisotopic (exact) mass is 177 g/mol. The number of carbonyl (C=O) groups excluding carboxylic acids is 2. The minimum Gasteiger partial charge on any atom is -0.341 e. The molecule has 1 aromatic rings. The molecule has 0 atom stereocenters. The Morgan fingerprint density at radius 3 is 2.85 bits per heavy atom. The van der Waals surface area contributed by atoms with E-state index in [1.807, 2.05) is 0 Å². The van der Waals surface area contributed by atoms with Gasteiger partial charge in [-0.3, -0.25) is 9.59 Å². The van der Waals surface area contributed by atoms with E-state index in [1.54, 1.807) is 22.9 Å². The highest BCUT2D eigenvalue weighted by atomic mass is 16.1. The molecule has 3 nitrogen and oxygen atoms in total. The van der Waals surface area contributed by atoms with Gasteiger partial charge in [0.2, 0.25) is 0 Å². The van der Waals surface area contributed by atoms with Crippen LogP contribution in [-0.4, -0.2) is 16.6 Å². The maximum Gasteiger partial charge on any atom is 0.176 e. The van der Waals surface area contributed by atoms with E-state index < -0.39 is 0 Å². The van der Waals surface area contributed by atoms with Gasteiger partial charge in [-0.1, -0.05) is 6.08 Å². The summed E-state index contributed by atoms with van der Waals surface area (Å²) in [6, 6.07) is 1.58. The van der Waals surface area contributed by atoms with Crippen molar-refractivity contribution < 1.29 is 9.59 Å². The third-order valence-electron chi connectivity index (χ3n) is 1.74. The minimum atomic E-state index is -0.0463. The summed E-state index contributed by atoms with van der Waals surface area (Å²) in [5.74, 6) is -0.0463. The molecule has 1 aromatic heterocycles. The molecule has 0 radical (unpaired) electrons. The number of ketones is 1. The summed E-state index contributed by atoms with van der Waals surface area (Å²) < 4.78 is 1.71. The van der Waals surface area contributed by atoms with Crippen LogP contribution < -0.4 is 0 Å². The Balaban J connectivity index is 3.13. The molecule has 0 saturated carbocycles. The van der Waals surface area contributed by atoms with Gasteiger partial charge in [0.25, 0.3) is 0 Å². The van der Waals surface area contributed by atoms with Crippen LogP contribution in [0.15, 0.2) is 24.9 Å². The summed E-state index contributed by atoms with van der Waals surface area (Å²) in [4.78, 5) is 21.5. The molecule has 13 heavy (non-hydrogen) atoms. The molecule has 1 rings (SSSR count). The van der Waals surface area contributed by atoms with Crippen molar-refractivity contribution in [1.82, 2.24) is 4.57 Å². The largest absolute Gasteiger partial charge is 0.341 e. The highest BCUT2D eigenvalue weighted by molar-refractivity contribution is 5.94. The number of allylic oxidation sites excluding steroid dienone is 1. The summed E-state index contributed by atoms with van der Waals surface area (Å²) >= 11 is 0. The Morgan fingerprint density at radius 2 is 2.38 bits per heavy atom. The Hall–Kier alpha value is -1.64. The van der Waals surface area contributed by atoms with Crippen LogP contribution in [0.3, 0.4) is 0 Å². The number of aromatic nitrogens is 1. The van der Waals surface area contributed by atoms with E-state index in [9.17, 15) is 9.59 Å². The SMILES string of the molecule is C=CCn1cc(C=O)cc1C(C)=O. The van der Waals surface area contributed by atoms with Crippen molar-refractivity contribution in [2.75, 3.05) is 0 Å². The molecule has 1 heterocycles. The van der Waals surface area contributed by atoms with E-state index in [1.165, 1.54) is 6.92 Å². The van der Waals surface area contributed by atoms with Crippen molar-refractivity contribution >= 4 is 12.1 Å². The van der Waals surface area contributed by atoms with Crippen LogP contribution >= 0.6 is 0 Å². The lowest BCUT2D eigenvalue weighted by atomic mass is 10.3. The first-order chi connectivity index (χ1) is 6.19. The summed E-state index contributed by atoms with van der Waals surface area (Å²) in [6.45, 7) is 5.59. The fraction of sp³-hybridized carbons (Fsp3) is 0.200. The van der Waals surface area contributed by atoms with Crippen molar-refractivity contribution in [3.8, 4) is 0 Å². The quantitative estimate of drug-likeness (QED) is 0.399. The van der Waals surface area contributed by atoms with Crippen LogP contribution in [0.4, 0.5) is 0 Å². The predicted octanol–water partition coefficient (Wildman–Crippen LogP) is 1.69. The first-order valence-electron chi connectivity index (χ1n) is 3.96. The van der Waals surface area contributed by atoms with Crippen LogP contribution in [0, 0.1) is 0 Å². The van der Waals surface area contributed by atoms with E-state index in [0.717, 1.165) is 6.29 Å². The Bertz CT molecular complexity index is 350. The van der Waals surface area contributed by atoms with Crippen LogP contribution in [0.2, 0.25) is 0 Å². The fourth-order valence-corrected chi connectivity index (χ4v) is 1.19. The second-order valence-electron chi connectivity index (χ2n) is 2.77. The average Bonchev–Trinajstić information content (AvgIpc) is 2.48. The van der Waals surface area contributed by atoms with Gasteiger partial charge in [-0.2, -0.15) is 0 Å². The number of Topliss-reactive ketones (excluding diaryl/α,β-unsaturated/α-hetero) is 1. The van der Waals surface area contributed by atoms with Gasteiger partial charge >= 0.3 is 0 Å². The lowest BCUT2D eigenvalue weighted by molar-refractivity contribution is 0.100.